The second kappa shape index (κ2) is 9.47. The SMILES string of the molecule is CCN(CC)CCOC(=O)c1ccc(N=O)cc1.Cl. The van der Waals surface area contributed by atoms with E-state index in [0.29, 0.717) is 17.9 Å². The van der Waals surface area contributed by atoms with Crippen molar-refractivity contribution in [1.82, 2.24) is 4.90 Å². The van der Waals surface area contributed by atoms with Crippen molar-refractivity contribution in [3.05, 3.63) is 34.7 Å². The largest absolute Gasteiger partial charge is 0.461 e. The molecule has 106 valence electrons. The molecule has 0 spiro atoms. The first-order valence-corrected chi connectivity index (χ1v) is 6.04. The molecule has 0 fully saturated rings. The molecular formula is C13H19ClN2O3. The molecule has 1 aromatic carbocycles. The van der Waals surface area contributed by atoms with Gasteiger partial charge in [0.2, 0.25) is 0 Å². The summed E-state index contributed by atoms with van der Waals surface area (Å²) in [4.78, 5) is 24.1. The van der Waals surface area contributed by atoms with E-state index >= 15 is 0 Å². The van der Waals surface area contributed by atoms with Crippen LogP contribution < -0.4 is 0 Å². The number of nitroso groups, excluding NO2 is 1. The summed E-state index contributed by atoms with van der Waals surface area (Å²) in [5.74, 6) is -0.375. The minimum Gasteiger partial charge on any atom is -0.461 e. The van der Waals surface area contributed by atoms with Crippen molar-refractivity contribution in [1.29, 1.82) is 0 Å². The summed E-state index contributed by atoms with van der Waals surface area (Å²) >= 11 is 0. The third kappa shape index (κ3) is 5.81. The Balaban J connectivity index is 0.00000324. The number of nitrogens with zero attached hydrogens (tertiary/aromatic N) is 2. The van der Waals surface area contributed by atoms with Gasteiger partial charge in [-0.15, -0.1) is 17.3 Å². The summed E-state index contributed by atoms with van der Waals surface area (Å²) in [6.07, 6.45) is 0. The summed E-state index contributed by atoms with van der Waals surface area (Å²) < 4.78 is 5.15. The molecule has 0 N–H and O–H groups in total. The van der Waals surface area contributed by atoms with E-state index in [1.165, 1.54) is 24.3 Å². The lowest BCUT2D eigenvalue weighted by atomic mass is 10.2. The van der Waals surface area contributed by atoms with Gasteiger partial charge in [-0.3, -0.25) is 0 Å². The van der Waals surface area contributed by atoms with Gasteiger partial charge < -0.3 is 9.64 Å². The third-order valence-corrected chi connectivity index (χ3v) is 2.74. The smallest absolute Gasteiger partial charge is 0.338 e. The Bertz CT molecular complexity index is 391. The van der Waals surface area contributed by atoms with Gasteiger partial charge >= 0.3 is 5.97 Å². The number of rotatable bonds is 7. The molecule has 19 heavy (non-hydrogen) atoms. The second-order valence-electron chi connectivity index (χ2n) is 3.80. The molecule has 1 aromatic rings. The van der Waals surface area contributed by atoms with Crippen molar-refractivity contribution >= 4 is 24.1 Å². The van der Waals surface area contributed by atoms with E-state index in [9.17, 15) is 9.70 Å². The fourth-order valence-corrected chi connectivity index (χ4v) is 1.55. The molecule has 0 atom stereocenters. The number of hydrogen-bond donors (Lipinski definition) is 0. The van der Waals surface area contributed by atoms with Gasteiger partial charge in [0.15, 0.2) is 0 Å². The maximum absolute atomic E-state index is 11.7. The number of benzene rings is 1. The van der Waals surface area contributed by atoms with Crippen molar-refractivity contribution in [2.75, 3.05) is 26.2 Å². The number of ether oxygens (including phenoxy) is 1. The lowest BCUT2D eigenvalue weighted by Gasteiger charge is -2.17. The van der Waals surface area contributed by atoms with Crippen LogP contribution in [0.2, 0.25) is 0 Å². The van der Waals surface area contributed by atoms with Crippen LogP contribution in [0.25, 0.3) is 0 Å². The summed E-state index contributed by atoms with van der Waals surface area (Å²) in [5, 5.41) is 2.77. The molecule has 0 saturated carbocycles. The van der Waals surface area contributed by atoms with Gasteiger partial charge in [-0.1, -0.05) is 13.8 Å². The zero-order chi connectivity index (χ0) is 13.4. The zero-order valence-electron chi connectivity index (χ0n) is 11.2. The molecule has 6 heteroatoms. The second-order valence-corrected chi connectivity index (χ2v) is 3.80. The normalized spacial score (nSPS) is 9.84. The number of hydrogen-bond acceptors (Lipinski definition) is 5. The molecule has 0 amide bonds. The van der Waals surface area contributed by atoms with Gasteiger partial charge in [0.1, 0.15) is 12.3 Å². The van der Waals surface area contributed by atoms with Crippen molar-refractivity contribution in [2.45, 2.75) is 13.8 Å². The van der Waals surface area contributed by atoms with Crippen LogP contribution in [0.15, 0.2) is 29.4 Å². The highest BCUT2D eigenvalue weighted by Crippen LogP contribution is 2.12. The first-order valence-electron chi connectivity index (χ1n) is 6.04. The summed E-state index contributed by atoms with van der Waals surface area (Å²) in [7, 11) is 0. The van der Waals surface area contributed by atoms with Crippen LogP contribution in [0.3, 0.4) is 0 Å². The van der Waals surface area contributed by atoms with Crippen molar-refractivity contribution < 1.29 is 9.53 Å². The van der Waals surface area contributed by atoms with E-state index in [1.54, 1.807) is 0 Å². The van der Waals surface area contributed by atoms with Crippen LogP contribution in [-0.2, 0) is 4.74 Å². The monoisotopic (exact) mass is 286 g/mol. The Morgan fingerprint density at radius 2 is 1.79 bits per heavy atom. The lowest BCUT2D eigenvalue weighted by molar-refractivity contribution is 0.0466. The average molecular weight is 287 g/mol. The Morgan fingerprint density at radius 3 is 2.26 bits per heavy atom. The number of halogens is 1. The van der Waals surface area contributed by atoms with E-state index in [-0.39, 0.29) is 18.4 Å². The van der Waals surface area contributed by atoms with Crippen LogP contribution in [0.5, 0.6) is 0 Å². The van der Waals surface area contributed by atoms with Crippen molar-refractivity contribution in [2.24, 2.45) is 5.18 Å². The maximum atomic E-state index is 11.7. The lowest BCUT2D eigenvalue weighted by Crippen LogP contribution is -2.27. The zero-order valence-corrected chi connectivity index (χ0v) is 12.0. The first kappa shape index (κ1) is 17.5. The Morgan fingerprint density at radius 1 is 1.21 bits per heavy atom. The van der Waals surface area contributed by atoms with Gasteiger partial charge in [-0.2, -0.15) is 0 Å². The van der Waals surface area contributed by atoms with E-state index < -0.39 is 0 Å². The number of likely N-dealkylation sites (N-methyl/N-ethyl adjacent to an activating group) is 1. The molecular weight excluding hydrogens is 268 g/mol. The van der Waals surface area contributed by atoms with Crippen LogP contribution in [0, 0.1) is 4.91 Å². The highest BCUT2D eigenvalue weighted by atomic mass is 35.5. The van der Waals surface area contributed by atoms with E-state index in [4.69, 9.17) is 4.74 Å². The molecule has 0 heterocycles. The Hall–Kier alpha value is -1.46. The minimum absolute atomic E-state index is 0. The summed E-state index contributed by atoms with van der Waals surface area (Å²) in [6, 6.07) is 6.06. The number of carbonyl (C=O) groups is 1. The van der Waals surface area contributed by atoms with E-state index in [1.807, 2.05) is 0 Å². The molecule has 0 bridgehead atoms. The quantitative estimate of drug-likeness (QED) is 0.571. The van der Waals surface area contributed by atoms with Gasteiger partial charge in [0, 0.05) is 6.54 Å². The Labute approximate surface area is 119 Å². The fourth-order valence-electron chi connectivity index (χ4n) is 1.55. The van der Waals surface area contributed by atoms with Crippen LogP contribution in [0.4, 0.5) is 5.69 Å². The van der Waals surface area contributed by atoms with Crippen molar-refractivity contribution in [3.63, 3.8) is 0 Å². The van der Waals surface area contributed by atoms with Gasteiger partial charge in [0.05, 0.1) is 5.56 Å². The van der Waals surface area contributed by atoms with Crippen LogP contribution in [0.1, 0.15) is 24.2 Å². The highest BCUT2D eigenvalue weighted by Gasteiger charge is 2.07. The molecule has 0 aliphatic heterocycles. The van der Waals surface area contributed by atoms with Gasteiger partial charge in [-0.05, 0) is 42.5 Å². The summed E-state index contributed by atoms with van der Waals surface area (Å²) in [6.45, 7) is 7.11. The molecule has 5 nitrogen and oxygen atoms in total. The van der Waals surface area contributed by atoms with Crippen LogP contribution >= 0.6 is 12.4 Å². The topological polar surface area (TPSA) is 59.0 Å². The molecule has 0 radical (unpaired) electrons. The Kier molecular flexibility index (Phi) is 8.74. The maximum Gasteiger partial charge on any atom is 0.338 e. The van der Waals surface area contributed by atoms with Crippen LogP contribution in [-0.4, -0.2) is 37.1 Å². The molecule has 0 saturated heterocycles. The molecule has 1 rings (SSSR count). The fraction of sp³-hybridized carbons (Fsp3) is 0.462. The van der Waals surface area contributed by atoms with E-state index in [0.717, 1.165) is 19.6 Å². The highest BCUT2D eigenvalue weighted by molar-refractivity contribution is 5.89. The average Bonchev–Trinajstić information content (AvgIpc) is 2.43. The molecule has 0 aliphatic rings. The predicted molar refractivity (Wildman–Crippen MR) is 77.2 cm³/mol. The first-order chi connectivity index (χ1) is 8.71. The predicted octanol–water partition coefficient (Wildman–Crippen LogP) is 3.00. The molecule has 0 aliphatic carbocycles. The third-order valence-electron chi connectivity index (χ3n) is 2.74. The standard InChI is InChI=1S/C13H18N2O3.ClH/c1-3-15(4-2)9-10-18-13(16)11-5-7-12(14-17)8-6-11;/h5-8H,3-4,9-10H2,1-2H3;1H. The molecule has 0 aromatic heterocycles. The van der Waals surface area contributed by atoms with Gasteiger partial charge in [0.25, 0.3) is 0 Å². The number of esters is 1. The minimum atomic E-state index is -0.375. The number of carbonyl (C=O) groups excluding carboxylic acids is 1. The molecule has 0 unspecified atom stereocenters. The van der Waals surface area contributed by atoms with Crippen molar-refractivity contribution in [3.8, 4) is 0 Å². The summed E-state index contributed by atoms with van der Waals surface area (Å²) in [5.41, 5.74) is 0.733. The van der Waals surface area contributed by atoms with Gasteiger partial charge in [-0.25, -0.2) is 4.79 Å². The van der Waals surface area contributed by atoms with E-state index in [2.05, 4.69) is 23.9 Å².